The molecule has 0 aliphatic carbocycles. The Morgan fingerprint density at radius 2 is 2.04 bits per heavy atom. The minimum absolute atomic E-state index is 0.214. The lowest BCUT2D eigenvalue weighted by Gasteiger charge is -2.10. The minimum Gasteiger partial charge on any atom is -0.368 e. The summed E-state index contributed by atoms with van der Waals surface area (Å²) in [5.74, 6) is 0.880. The molecule has 8 heteroatoms. The van der Waals surface area contributed by atoms with Gasteiger partial charge in [0.1, 0.15) is 5.82 Å². The highest BCUT2D eigenvalue weighted by Crippen LogP contribution is 2.26. The van der Waals surface area contributed by atoms with E-state index in [1.165, 1.54) is 0 Å². The van der Waals surface area contributed by atoms with Crippen LogP contribution in [0.3, 0.4) is 0 Å². The first-order chi connectivity index (χ1) is 11.8. The van der Waals surface area contributed by atoms with Crippen LogP contribution in [0.15, 0.2) is 48.8 Å². The lowest BCUT2D eigenvalue weighted by atomic mass is 10.1. The Morgan fingerprint density at radius 3 is 2.83 bits per heavy atom. The molecule has 3 aromatic heterocycles. The zero-order chi connectivity index (χ0) is 16.4. The Kier molecular flexibility index (Phi) is 3.47. The number of nitrogens with two attached hydrogens (primary N) is 1. The predicted octanol–water partition coefficient (Wildman–Crippen LogP) is 2.00. The van der Waals surface area contributed by atoms with Crippen LogP contribution in [0.1, 0.15) is 5.69 Å². The molecule has 1 aromatic carbocycles. The fourth-order valence-electron chi connectivity index (χ4n) is 2.47. The number of nitrogens with one attached hydrogen (secondary N) is 2. The van der Waals surface area contributed by atoms with Crippen molar-refractivity contribution < 1.29 is 0 Å². The Bertz CT molecular complexity index is 966. The van der Waals surface area contributed by atoms with Crippen LogP contribution in [0.5, 0.6) is 0 Å². The van der Waals surface area contributed by atoms with Crippen LogP contribution >= 0.6 is 0 Å². The molecule has 0 saturated carbocycles. The summed E-state index contributed by atoms with van der Waals surface area (Å²) in [6.45, 7) is 0.502. The summed E-state index contributed by atoms with van der Waals surface area (Å²) in [5, 5.41) is 18.9. The molecule has 118 valence electrons. The third-order valence-electron chi connectivity index (χ3n) is 3.59. The van der Waals surface area contributed by atoms with Crippen molar-refractivity contribution in [2.24, 2.45) is 0 Å². The highest BCUT2D eigenvalue weighted by molar-refractivity contribution is 5.92. The highest BCUT2D eigenvalue weighted by Gasteiger charge is 2.09. The lowest BCUT2D eigenvalue weighted by molar-refractivity contribution is 0.921. The Morgan fingerprint density at radius 1 is 1.08 bits per heavy atom. The van der Waals surface area contributed by atoms with Crippen LogP contribution < -0.4 is 11.1 Å². The standard InChI is InChI=1S/C16H14N8/c17-16-21-14-8-10(13-5-7-20-24-13)3-4-12(14)15(22-16)18-9-11-2-1-6-19-23-11/h1-8H,9H2,(H,20,24)(H3,17,18,21,22). The second kappa shape index (κ2) is 5.92. The summed E-state index contributed by atoms with van der Waals surface area (Å²) in [6, 6.07) is 11.5. The molecule has 0 radical (unpaired) electrons. The van der Waals surface area contributed by atoms with Crippen molar-refractivity contribution in [3.8, 4) is 11.3 Å². The van der Waals surface area contributed by atoms with Gasteiger partial charge >= 0.3 is 0 Å². The lowest BCUT2D eigenvalue weighted by Crippen LogP contribution is -2.07. The van der Waals surface area contributed by atoms with Crippen molar-refractivity contribution >= 4 is 22.7 Å². The predicted molar refractivity (Wildman–Crippen MR) is 90.9 cm³/mol. The molecule has 0 unspecified atom stereocenters. The van der Waals surface area contributed by atoms with Crippen LogP contribution in [0.2, 0.25) is 0 Å². The molecule has 3 heterocycles. The number of aromatic nitrogens is 6. The average molecular weight is 318 g/mol. The number of anilines is 2. The number of benzene rings is 1. The second-order valence-electron chi connectivity index (χ2n) is 5.20. The molecule has 0 saturated heterocycles. The van der Waals surface area contributed by atoms with Gasteiger partial charge in [0.05, 0.1) is 23.4 Å². The van der Waals surface area contributed by atoms with Crippen molar-refractivity contribution in [3.63, 3.8) is 0 Å². The van der Waals surface area contributed by atoms with E-state index in [4.69, 9.17) is 5.73 Å². The van der Waals surface area contributed by atoms with Gasteiger partial charge in [0.25, 0.3) is 0 Å². The molecule has 4 aromatic rings. The van der Waals surface area contributed by atoms with Gasteiger partial charge in [-0.25, -0.2) is 4.98 Å². The number of fused-ring (bicyclic) bond motifs is 1. The number of hydrogen-bond donors (Lipinski definition) is 3. The highest BCUT2D eigenvalue weighted by atomic mass is 15.1. The van der Waals surface area contributed by atoms with E-state index in [1.807, 2.05) is 36.4 Å². The van der Waals surface area contributed by atoms with E-state index < -0.39 is 0 Å². The molecule has 0 bridgehead atoms. The van der Waals surface area contributed by atoms with Gasteiger partial charge in [-0.3, -0.25) is 5.10 Å². The van der Waals surface area contributed by atoms with E-state index in [0.29, 0.717) is 12.4 Å². The van der Waals surface area contributed by atoms with Crippen LogP contribution in [0.25, 0.3) is 22.2 Å². The van der Waals surface area contributed by atoms with Gasteiger partial charge < -0.3 is 11.1 Å². The smallest absolute Gasteiger partial charge is 0.222 e. The number of hydrogen-bond acceptors (Lipinski definition) is 7. The molecular weight excluding hydrogens is 304 g/mol. The molecule has 0 fully saturated rings. The fraction of sp³-hybridized carbons (Fsp3) is 0.0625. The normalized spacial score (nSPS) is 10.8. The van der Waals surface area contributed by atoms with E-state index in [-0.39, 0.29) is 5.95 Å². The third kappa shape index (κ3) is 2.72. The number of nitrogens with zero attached hydrogens (tertiary/aromatic N) is 5. The summed E-state index contributed by atoms with van der Waals surface area (Å²) in [6.07, 6.45) is 3.35. The van der Waals surface area contributed by atoms with Crippen LogP contribution in [-0.2, 0) is 6.54 Å². The van der Waals surface area contributed by atoms with E-state index >= 15 is 0 Å². The molecule has 0 aliphatic rings. The van der Waals surface area contributed by atoms with Crippen molar-refractivity contribution in [2.45, 2.75) is 6.54 Å². The van der Waals surface area contributed by atoms with Crippen molar-refractivity contribution in [1.82, 2.24) is 30.4 Å². The quantitative estimate of drug-likeness (QED) is 0.526. The molecular formula is C16H14N8. The number of H-pyrrole nitrogens is 1. The second-order valence-corrected chi connectivity index (χ2v) is 5.20. The maximum absolute atomic E-state index is 5.85. The van der Waals surface area contributed by atoms with Gasteiger partial charge in [0.15, 0.2) is 0 Å². The molecule has 8 nitrogen and oxygen atoms in total. The first-order valence-electron chi connectivity index (χ1n) is 7.37. The van der Waals surface area contributed by atoms with E-state index in [0.717, 1.165) is 27.9 Å². The van der Waals surface area contributed by atoms with Crippen molar-refractivity contribution in [2.75, 3.05) is 11.1 Å². The minimum atomic E-state index is 0.214. The van der Waals surface area contributed by atoms with Gasteiger partial charge in [-0.1, -0.05) is 6.07 Å². The Labute approximate surface area is 137 Å². The first-order valence-corrected chi connectivity index (χ1v) is 7.37. The largest absolute Gasteiger partial charge is 0.368 e. The maximum Gasteiger partial charge on any atom is 0.222 e. The topological polar surface area (TPSA) is 118 Å². The summed E-state index contributed by atoms with van der Waals surface area (Å²) in [4.78, 5) is 8.62. The molecule has 0 amide bonds. The fourth-order valence-corrected chi connectivity index (χ4v) is 2.47. The van der Waals surface area contributed by atoms with E-state index in [9.17, 15) is 0 Å². The van der Waals surface area contributed by atoms with Crippen LogP contribution in [0, 0.1) is 0 Å². The Hall–Kier alpha value is -3.55. The molecule has 24 heavy (non-hydrogen) atoms. The summed E-state index contributed by atoms with van der Waals surface area (Å²) >= 11 is 0. The summed E-state index contributed by atoms with van der Waals surface area (Å²) in [5.41, 5.74) is 9.33. The third-order valence-corrected chi connectivity index (χ3v) is 3.59. The zero-order valence-electron chi connectivity index (χ0n) is 12.6. The molecule has 4 rings (SSSR count). The summed E-state index contributed by atoms with van der Waals surface area (Å²) in [7, 11) is 0. The van der Waals surface area contributed by atoms with Gasteiger partial charge in [0.2, 0.25) is 5.95 Å². The van der Waals surface area contributed by atoms with Gasteiger partial charge in [-0.2, -0.15) is 20.3 Å². The molecule has 0 spiro atoms. The monoisotopic (exact) mass is 318 g/mol. The summed E-state index contributed by atoms with van der Waals surface area (Å²) < 4.78 is 0. The molecule has 4 N–H and O–H groups in total. The number of aromatic amines is 1. The first kappa shape index (κ1) is 14.1. The number of nitrogen functional groups attached to an aromatic ring is 1. The number of rotatable bonds is 4. The SMILES string of the molecule is Nc1nc(NCc2cccnn2)c2ccc(-c3ccn[nH]3)cc2n1. The molecule has 0 aliphatic heterocycles. The van der Waals surface area contributed by atoms with Crippen LogP contribution in [-0.4, -0.2) is 30.4 Å². The van der Waals surface area contributed by atoms with E-state index in [1.54, 1.807) is 12.4 Å². The maximum atomic E-state index is 5.85. The van der Waals surface area contributed by atoms with Crippen LogP contribution in [0.4, 0.5) is 11.8 Å². The zero-order valence-corrected chi connectivity index (χ0v) is 12.6. The van der Waals surface area contributed by atoms with Gasteiger partial charge in [-0.15, -0.1) is 0 Å². The average Bonchev–Trinajstić information content (AvgIpc) is 3.14. The van der Waals surface area contributed by atoms with Crippen molar-refractivity contribution in [1.29, 1.82) is 0 Å². The molecule has 0 atom stereocenters. The van der Waals surface area contributed by atoms with E-state index in [2.05, 4.69) is 35.7 Å². The van der Waals surface area contributed by atoms with Crippen molar-refractivity contribution in [3.05, 3.63) is 54.5 Å². The van der Waals surface area contributed by atoms with Gasteiger partial charge in [-0.05, 0) is 30.3 Å². The Balaban J connectivity index is 1.70. The van der Waals surface area contributed by atoms with Gasteiger partial charge in [0, 0.05) is 23.3 Å².